The Labute approximate surface area is 192 Å². The fourth-order valence-electron chi connectivity index (χ4n) is 3.69. The number of benzene rings is 2. The summed E-state index contributed by atoms with van der Waals surface area (Å²) >= 11 is 1.35. The Morgan fingerprint density at radius 3 is 2.62 bits per heavy atom. The third-order valence-electron chi connectivity index (χ3n) is 5.55. The molecule has 166 valence electrons. The Hall–Kier alpha value is -3.03. The van der Waals surface area contributed by atoms with Gasteiger partial charge in [-0.15, -0.1) is 11.3 Å². The molecule has 0 radical (unpaired) electrons. The van der Waals surface area contributed by atoms with E-state index in [1.165, 1.54) is 16.9 Å². The molecule has 1 atom stereocenters. The maximum Gasteiger partial charge on any atom is 0.267 e. The van der Waals surface area contributed by atoms with E-state index in [9.17, 15) is 9.59 Å². The van der Waals surface area contributed by atoms with E-state index in [2.05, 4.69) is 34.7 Å². The Morgan fingerprint density at radius 1 is 1.12 bits per heavy atom. The first-order valence-corrected chi connectivity index (χ1v) is 11.7. The number of aromatic nitrogens is 1. The minimum absolute atomic E-state index is 0.0605. The predicted molar refractivity (Wildman–Crippen MR) is 127 cm³/mol. The van der Waals surface area contributed by atoms with Gasteiger partial charge in [-0.25, -0.2) is 4.98 Å². The summed E-state index contributed by atoms with van der Waals surface area (Å²) in [5.74, 6) is -0.495. The van der Waals surface area contributed by atoms with Crippen molar-refractivity contribution >= 4 is 28.8 Å². The van der Waals surface area contributed by atoms with Crippen molar-refractivity contribution in [3.05, 3.63) is 70.2 Å². The SMILES string of the molecule is CCc1ccc(-c2nc(C)c(C(=O)Nc3ccccc3C(=O)NCC3CCCO3)s2)cc1. The van der Waals surface area contributed by atoms with Crippen LogP contribution in [0.2, 0.25) is 0 Å². The largest absolute Gasteiger partial charge is 0.376 e. The van der Waals surface area contributed by atoms with Crippen LogP contribution in [-0.4, -0.2) is 36.1 Å². The molecule has 32 heavy (non-hydrogen) atoms. The quantitative estimate of drug-likeness (QED) is 0.541. The lowest BCUT2D eigenvalue weighted by molar-refractivity contribution is 0.0858. The zero-order chi connectivity index (χ0) is 22.5. The number of anilines is 1. The van der Waals surface area contributed by atoms with Gasteiger partial charge in [-0.05, 0) is 43.9 Å². The molecule has 2 amide bonds. The van der Waals surface area contributed by atoms with Crippen molar-refractivity contribution in [1.29, 1.82) is 0 Å². The summed E-state index contributed by atoms with van der Waals surface area (Å²) in [7, 11) is 0. The van der Waals surface area contributed by atoms with Gasteiger partial charge in [0.05, 0.1) is 23.0 Å². The second-order valence-electron chi connectivity index (χ2n) is 7.83. The minimum atomic E-state index is -0.268. The lowest BCUT2D eigenvalue weighted by Gasteiger charge is -2.13. The van der Waals surface area contributed by atoms with Crippen molar-refractivity contribution in [2.24, 2.45) is 0 Å². The molecule has 1 saturated heterocycles. The van der Waals surface area contributed by atoms with Gasteiger partial charge in [0.25, 0.3) is 11.8 Å². The van der Waals surface area contributed by atoms with Crippen LogP contribution < -0.4 is 10.6 Å². The van der Waals surface area contributed by atoms with Crippen molar-refractivity contribution in [3.63, 3.8) is 0 Å². The molecule has 0 spiro atoms. The van der Waals surface area contributed by atoms with Crippen LogP contribution in [0.5, 0.6) is 0 Å². The van der Waals surface area contributed by atoms with E-state index in [0.717, 1.165) is 36.4 Å². The fourth-order valence-corrected chi connectivity index (χ4v) is 4.66. The Bertz CT molecular complexity index is 1100. The summed E-state index contributed by atoms with van der Waals surface area (Å²) in [6.45, 7) is 5.16. The Balaban J connectivity index is 1.48. The molecular formula is C25H27N3O3S. The molecule has 2 N–H and O–H groups in total. The highest BCUT2D eigenvalue weighted by molar-refractivity contribution is 7.17. The van der Waals surface area contributed by atoms with Crippen LogP contribution in [-0.2, 0) is 11.2 Å². The van der Waals surface area contributed by atoms with Gasteiger partial charge in [-0.3, -0.25) is 9.59 Å². The number of para-hydroxylation sites is 1. The smallest absolute Gasteiger partial charge is 0.267 e. The van der Waals surface area contributed by atoms with Gasteiger partial charge in [0, 0.05) is 18.7 Å². The molecule has 1 fully saturated rings. The number of nitrogens with zero attached hydrogens (tertiary/aromatic N) is 1. The number of nitrogens with one attached hydrogen (secondary N) is 2. The predicted octanol–water partition coefficient (Wildman–Crippen LogP) is 4.84. The third kappa shape index (κ3) is 5.06. The standard InChI is InChI=1S/C25H27N3O3S/c1-3-17-10-12-18(13-11-17)25-27-16(2)22(32-25)24(30)28-21-9-5-4-8-20(21)23(29)26-15-19-7-6-14-31-19/h4-5,8-13,19H,3,6-7,14-15H2,1-2H3,(H,26,29)(H,28,30). The van der Waals surface area contributed by atoms with Crippen LogP contribution in [0.25, 0.3) is 10.6 Å². The van der Waals surface area contributed by atoms with Crippen LogP contribution in [0, 0.1) is 6.92 Å². The molecule has 0 aliphatic carbocycles. The van der Waals surface area contributed by atoms with Gasteiger partial charge in [-0.1, -0.05) is 43.3 Å². The zero-order valence-electron chi connectivity index (χ0n) is 18.3. The molecule has 2 heterocycles. The first-order valence-electron chi connectivity index (χ1n) is 10.9. The normalized spacial score (nSPS) is 15.5. The number of thiazole rings is 1. The first kappa shape index (κ1) is 22.2. The summed E-state index contributed by atoms with van der Waals surface area (Å²) in [6, 6.07) is 15.3. The topological polar surface area (TPSA) is 80.3 Å². The number of carbonyl (C=O) groups excluding carboxylic acids is 2. The van der Waals surface area contributed by atoms with Crippen LogP contribution >= 0.6 is 11.3 Å². The second-order valence-corrected chi connectivity index (χ2v) is 8.83. The Morgan fingerprint density at radius 2 is 1.91 bits per heavy atom. The van der Waals surface area contributed by atoms with Crippen LogP contribution in [0.1, 0.15) is 51.1 Å². The summed E-state index contributed by atoms with van der Waals surface area (Å²) in [6.07, 6.45) is 3.01. The van der Waals surface area contributed by atoms with Crippen molar-refractivity contribution in [3.8, 4) is 10.6 Å². The van der Waals surface area contributed by atoms with E-state index in [4.69, 9.17) is 4.74 Å². The van der Waals surface area contributed by atoms with Gasteiger partial charge < -0.3 is 15.4 Å². The van der Waals surface area contributed by atoms with Gasteiger partial charge in [0.1, 0.15) is 9.88 Å². The molecule has 1 aliphatic rings. The highest BCUT2D eigenvalue weighted by Crippen LogP contribution is 2.29. The van der Waals surface area contributed by atoms with Crippen molar-refractivity contribution in [1.82, 2.24) is 10.3 Å². The summed E-state index contributed by atoms with van der Waals surface area (Å²) in [5, 5.41) is 6.62. The molecule has 0 bridgehead atoms. The molecule has 2 aromatic carbocycles. The second kappa shape index (κ2) is 10.1. The number of hydrogen-bond acceptors (Lipinski definition) is 5. The summed E-state index contributed by atoms with van der Waals surface area (Å²) < 4.78 is 5.57. The number of aryl methyl sites for hydroxylation is 2. The average Bonchev–Trinajstić information content (AvgIpc) is 3.47. The highest BCUT2D eigenvalue weighted by Gasteiger charge is 2.21. The zero-order valence-corrected chi connectivity index (χ0v) is 19.1. The molecule has 1 aromatic heterocycles. The molecule has 1 aliphatic heterocycles. The molecule has 7 heteroatoms. The lowest BCUT2D eigenvalue weighted by atomic mass is 10.1. The van der Waals surface area contributed by atoms with E-state index >= 15 is 0 Å². The molecular weight excluding hydrogens is 422 g/mol. The minimum Gasteiger partial charge on any atom is -0.376 e. The van der Waals surface area contributed by atoms with E-state index in [-0.39, 0.29) is 17.9 Å². The maximum atomic E-state index is 13.0. The number of hydrogen-bond donors (Lipinski definition) is 2. The lowest BCUT2D eigenvalue weighted by Crippen LogP contribution is -2.32. The van der Waals surface area contributed by atoms with Gasteiger partial charge in [-0.2, -0.15) is 0 Å². The van der Waals surface area contributed by atoms with E-state index < -0.39 is 0 Å². The number of amides is 2. The van der Waals surface area contributed by atoms with Crippen molar-refractivity contribution < 1.29 is 14.3 Å². The number of carbonyl (C=O) groups is 2. The summed E-state index contributed by atoms with van der Waals surface area (Å²) in [4.78, 5) is 30.9. The summed E-state index contributed by atoms with van der Waals surface area (Å²) in [5.41, 5.74) is 3.82. The van der Waals surface area contributed by atoms with Crippen molar-refractivity contribution in [2.75, 3.05) is 18.5 Å². The van der Waals surface area contributed by atoms with Crippen LogP contribution in [0.15, 0.2) is 48.5 Å². The fraction of sp³-hybridized carbons (Fsp3) is 0.320. The van der Waals surface area contributed by atoms with E-state index in [1.807, 2.05) is 19.1 Å². The van der Waals surface area contributed by atoms with E-state index in [1.54, 1.807) is 24.3 Å². The van der Waals surface area contributed by atoms with Crippen molar-refractivity contribution in [2.45, 2.75) is 39.2 Å². The Kier molecular flexibility index (Phi) is 6.97. The molecule has 4 rings (SSSR count). The molecule has 6 nitrogen and oxygen atoms in total. The average molecular weight is 450 g/mol. The maximum absolute atomic E-state index is 13.0. The third-order valence-corrected chi connectivity index (χ3v) is 6.75. The van der Waals surface area contributed by atoms with E-state index in [0.29, 0.717) is 28.4 Å². The molecule has 0 saturated carbocycles. The van der Waals surface area contributed by atoms with Crippen LogP contribution in [0.3, 0.4) is 0 Å². The first-order chi connectivity index (χ1) is 15.5. The molecule has 3 aromatic rings. The number of rotatable bonds is 7. The van der Waals surface area contributed by atoms with Gasteiger partial charge >= 0.3 is 0 Å². The number of ether oxygens (including phenoxy) is 1. The van der Waals surface area contributed by atoms with Gasteiger partial charge in [0.2, 0.25) is 0 Å². The van der Waals surface area contributed by atoms with Crippen LogP contribution in [0.4, 0.5) is 5.69 Å². The van der Waals surface area contributed by atoms with Gasteiger partial charge in [0.15, 0.2) is 0 Å². The molecule has 1 unspecified atom stereocenters. The highest BCUT2D eigenvalue weighted by atomic mass is 32.1. The monoisotopic (exact) mass is 449 g/mol.